The quantitative estimate of drug-likeness (QED) is 0.629. The highest BCUT2D eigenvalue weighted by Gasteiger charge is 2.45. The lowest BCUT2D eigenvalue weighted by Gasteiger charge is -2.41. The van der Waals surface area contributed by atoms with Gasteiger partial charge in [0.15, 0.2) is 11.5 Å². The fraction of sp³-hybridized carbons (Fsp3) is 0.400. The average molecular weight is 465 g/mol. The van der Waals surface area contributed by atoms with Crippen molar-refractivity contribution in [1.29, 1.82) is 0 Å². The molecule has 6 N–H and O–H groups in total. The summed E-state index contributed by atoms with van der Waals surface area (Å²) in [5.74, 6) is 0.652. The second-order valence-corrected chi connectivity index (χ2v) is 8.83. The number of aromatic nitrogens is 3. The molecule has 4 heterocycles. The molecule has 1 unspecified atom stereocenters. The van der Waals surface area contributed by atoms with E-state index in [2.05, 4.69) is 24.8 Å². The first-order chi connectivity index (χ1) is 15.2. The van der Waals surface area contributed by atoms with E-state index in [0.29, 0.717) is 25.5 Å². The molecule has 1 spiro atoms. The number of nitrogen functional groups attached to an aromatic ring is 1. The van der Waals surface area contributed by atoms with Gasteiger partial charge in [0.25, 0.3) is 0 Å². The van der Waals surface area contributed by atoms with Gasteiger partial charge in [0.1, 0.15) is 10.8 Å². The molecule has 0 aliphatic carbocycles. The first-order valence-corrected chi connectivity index (χ1v) is 10.8. The second kappa shape index (κ2) is 8.58. The lowest BCUT2D eigenvalue weighted by Crippen LogP contribution is -2.51. The standard InChI is InChI=1S/C20H23F3N8S/c21-20(22,23)16-13(2-1-7-27-16)32-18-17(26)30-14(10-28-18)31-8-4-19(5-9-31)11-29-12(3-6-24)15(19)25/h1-3,6-7,10,15H,4-5,8-9,11,24-25H2,(H2,26,30)/b6-3-. The highest BCUT2D eigenvalue weighted by molar-refractivity contribution is 7.99. The molecule has 1 saturated heterocycles. The highest BCUT2D eigenvalue weighted by Crippen LogP contribution is 2.41. The second-order valence-electron chi connectivity index (χ2n) is 7.80. The lowest BCUT2D eigenvalue weighted by atomic mass is 9.73. The predicted octanol–water partition coefficient (Wildman–Crippen LogP) is 2.46. The number of pyridine rings is 1. The topological polar surface area (TPSA) is 132 Å². The Hall–Kier alpha value is -2.86. The maximum absolute atomic E-state index is 13.2. The Labute approximate surface area is 187 Å². The van der Waals surface area contributed by atoms with E-state index in [4.69, 9.17) is 17.2 Å². The molecule has 2 aliphatic heterocycles. The Morgan fingerprint density at radius 1 is 1.22 bits per heavy atom. The van der Waals surface area contributed by atoms with E-state index >= 15 is 0 Å². The van der Waals surface area contributed by atoms with E-state index in [1.807, 2.05) is 0 Å². The number of hydrogen-bond donors (Lipinski definition) is 3. The summed E-state index contributed by atoms with van der Waals surface area (Å²) < 4.78 is 39.6. The van der Waals surface area contributed by atoms with E-state index in [-0.39, 0.29) is 27.2 Å². The van der Waals surface area contributed by atoms with Gasteiger partial charge in [-0.1, -0.05) is 11.8 Å². The Kier molecular flexibility index (Phi) is 5.99. The van der Waals surface area contributed by atoms with Crippen molar-refractivity contribution in [3.8, 4) is 0 Å². The van der Waals surface area contributed by atoms with Gasteiger partial charge in [-0.25, -0.2) is 9.97 Å². The van der Waals surface area contributed by atoms with Gasteiger partial charge in [0.05, 0.1) is 18.0 Å². The van der Waals surface area contributed by atoms with Gasteiger partial charge in [-0.15, -0.1) is 0 Å². The zero-order valence-electron chi connectivity index (χ0n) is 17.1. The number of rotatable bonds is 4. The number of hydrogen-bond acceptors (Lipinski definition) is 9. The minimum Gasteiger partial charge on any atom is -0.405 e. The summed E-state index contributed by atoms with van der Waals surface area (Å²) in [4.78, 5) is 18.6. The molecule has 0 saturated carbocycles. The zero-order valence-corrected chi connectivity index (χ0v) is 17.9. The fourth-order valence-corrected chi connectivity index (χ4v) is 4.94. The van der Waals surface area contributed by atoms with E-state index in [0.717, 1.165) is 36.5 Å². The number of piperidine rings is 1. The molecule has 2 aromatic heterocycles. The summed E-state index contributed by atoms with van der Waals surface area (Å²) in [5.41, 5.74) is 17.7. The number of halogens is 3. The van der Waals surface area contributed by atoms with Gasteiger partial charge < -0.3 is 22.1 Å². The molecule has 12 heteroatoms. The summed E-state index contributed by atoms with van der Waals surface area (Å²) in [7, 11) is 0. The molecule has 8 nitrogen and oxygen atoms in total. The Bertz CT molecular complexity index is 1050. The Morgan fingerprint density at radius 2 is 1.97 bits per heavy atom. The lowest BCUT2D eigenvalue weighted by molar-refractivity contribution is -0.143. The summed E-state index contributed by atoms with van der Waals surface area (Å²) in [5, 5.41) is 0.199. The van der Waals surface area contributed by atoms with Crippen LogP contribution < -0.4 is 22.1 Å². The number of anilines is 2. The molecule has 1 fully saturated rings. The molecule has 0 amide bonds. The van der Waals surface area contributed by atoms with Crippen molar-refractivity contribution >= 4 is 29.1 Å². The summed E-state index contributed by atoms with van der Waals surface area (Å²) >= 11 is 0.795. The van der Waals surface area contributed by atoms with Crippen LogP contribution in [0.15, 0.2) is 51.7 Å². The summed E-state index contributed by atoms with van der Waals surface area (Å²) in [6.45, 7) is 2.06. The van der Waals surface area contributed by atoms with Crippen LogP contribution in [0.5, 0.6) is 0 Å². The van der Waals surface area contributed by atoms with Crippen LogP contribution in [0, 0.1) is 5.41 Å². The molecular formula is C20H23F3N8S. The SMILES string of the molecule is N/C=C\C1=NCC2(CCN(c3cnc(Sc4cccnc4C(F)(F)F)c(N)n3)CC2)C1N. The molecule has 32 heavy (non-hydrogen) atoms. The Balaban J connectivity index is 1.45. The van der Waals surface area contributed by atoms with E-state index < -0.39 is 11.9 Å². The number of nitrogens with two attached hydrogens (primary N) is 3. The van der Waals surface area contributed by atoms with Gasteiger partial charge in [-0.3, -0.25) is 9.98 Å². The van der Waals surface area contributed by atoms with Crippen molar-refractivity contribution in [2.24, 2.45) is 21.9 Å². The van der Waals surface area contributed by atoms with Gasteiger partial charge in [0.2, 0.25) is 0 Å². The third-order valence-corrected chi connectivity index (χ3v) is 6.96. The van der Waals surface area contributed by atoms with Crippen molar-refractivity contribution < 1.29 is 13.2 Å². The van der Waals surface area contributed by atoms with Crippen molar-refractivity contribution in [2.45, 2.75) is 35.0 Å². The molecule has 170 valence electrons. The molecule has 2 aromatic rings. The van der Waals surface area contributed by atoms with Crippen LogP contribution in [0.1, 0.15) is 18.5 Å². The predicted molar refractivity (Wildman–Crippen MR) is 117 cm³/mol. The number of alkyl halides is 3. The Morgan fingerprint density at radius 3 is 2.62 bits per heavy atom. The van der Waals surface area contributed by atoms with Crippen LogP contribution in [0.25, 0.3) is 0 Å². The van der Waals surface area contributed by atoms with Crippen LogP contribution in [0.2, 0.25) is 0 Å². The largest absolute Gasteiger partial charge is 0.434 e. The van der Waals surface area contributed by atoms with Crippen molar-refractivity contribution in [3.63, 3.8) is 0 Å². The van der Waals surface area contributed by atoms with Crippen molar-refractivity contribution in [3.05, 3.63) is 42.5 Å². The average Bonchev–Trinajstić information content (AvgIpc) is 3.05. The number of nitrogens with zero attached hydrogens (tertiary/aromatic N) is 5. The van der Waals surface area contributed by atoms with Crippen molar-refractivity contribution in [1.82, 2.24) is 15.0 Å². The van der Waals surface area contributed by atoms with Crippen LogP contribution in [0.4, 0.5) is 24.8 Å². The van der Waals surface area contributed by atoms with Crippen LogP contribution in [0.3, 0.4) is 0 Å². The zero-order chi connectivity index (χ0) is 22.9. The van der Waals surface area contributed by atoms with Crippen LogP contribution in [-0.2, 0) is 6.18 Å². The minimum atomic E-state index is -4.57. The molecule has 4 rings (SSSR count). The molecule has 0 bridgehead atoms. The highest BCUT2D eigenvalue weighted by atomic mass is 32.2. The third kappa shape index (κ3) is 4.24. The molecule has 2 aliphatic rings. The minimum absolute atomic E-state index is 0.0704. The van der Waals surface area contributed by atoms with Crippen LogP contribution >= 0.6 is 11.8 Å². The van der Waals surface area contributed by atoms with Gasteiger partial charge in [-0.05, 0) is 37.3 Å². The first-order valence-electron chi connectivity index (χ1n) is 9.99. The van der Waals surface area contributed by atoms with E-state index in [1.54, 1.807) is 6.08 Å². The summed E-state index contributed by atoms with van der Waals surface area (Å²) in [6, 6.07) is 2.60. The first kappa shape index (κ1) is 22.3. The van der Waals surface area contributed by atoms with Crippen LogP contribution in [-0.4, -0.2) is 46.3 Å². The van der Waals surface area contributed by atoms with E-state index in [1.165, 1.54) is 24.5 Å². The molecule has 0 radical (unpaired) electrons. The van der Waals surface area contributed by atoms with Crippen molar-refractivity contribution in [2.75, 3.05) is 30.3 Å². The van der Waals surface area contributed by atoms with Gasteiger partial charge in [-0.2, -0.15) is 13.2 Å². The normalized spacial score (nSPS) is 20.8. The maximum atomic E-state index is 13.2. The van der Waals surface area contributed by atoms with E-state index in [9.17, 15) is 13.2 Å². The third-order valence-electron chi connectivity index (χ3n) is 5.90. The molecular weight excluding hydrogens is 441 g/mol. The maximum Gasteiger partial charge on any atom is 0.434 e. The van der Waals surface area contributed by atoms with Gasteiger partial charge in [0, 0.05) is 36.1 Å². The molecule has 1 atom stereocenters. The molecule has 0 aromatic carbocycles. The fourth-order valence-electron chi connectivity index (χ4n) is 4.07. The smallest absolute Gasteiger partial charge is 0.405 e. The monoisotopic (exact) mass is 464 g/mol. The number of aliphatic imine (C=N–C) groups is 1. The van der Waals surface area contributed by atoms with Gasteiger partial charge >= 0.3 is 6.18 Å². The summed E-state index contributed by atoms with van der Waals surface area (Å²) in [6.07, 6.45) is 2.91.